The van der Waals surface area contributed by atoms with Crippen LogP contribution in [-0.2, 0) is 0 Å². The van der Waals surface area contributed by atoms with E-state index in [4.69, 9.17) is 0 Å². The normalized spacial score (nSPS) is 10.8. The Hall–Kier alpha value is -1.94. The van der Waals surface area contributed by atoms with E-state index in [1.165, 1.54) is 22.3 Å². The van der Waals surface area contributed by atoms with Crippen molar-refractivity contribution in [2.75, 3.05) is 11.9 Å². The van der Waals surface area contributed by atoms with E-state index in [-0.39, 0.29) is 0 Å². The number of anilines is 1. The molecular formula is C15H15N3S. The molecule has 0 fully saturated rings. The summed E-state index contributed by atoms with van der Waals surface area (Å²) in [5.74, 6) is 0.800. The van der Waals surface area contributed by atoms with Gasteiger partial charge in [-0.05, 0) is 23.3 Å². The molecule has 96 valence electrons. The van der Waals surface area contributed by atoms with Crippen molar-refractivity contribution in [3.05, 3.63) is 42.5 Å². The van der Waals surface area contributed by atoms with Crippen LogP contribution in [0.25, 0.3) is 22.2 Å². The van der Waals surface area contributed by atoms with E-state index < -0.39 is 0 Å². The number of rotatable bonds is 4. The van der Waals surface area contributed by atoms with Crippen LogP contribution in [0.2, 0.25) is 0 Å². The van der Waals surface area contributed by atoms with Crippen molar-refractivity contribution in [3.8, 4) is 11.4 Å². The topological polar surface area (TPSA) is 37.8 Å². The quantitative estimate of drug-likeness (QED) is 0.772. The minimum absolute atomic E-state index is 0.800. The Labute approximate surface area is 116 Å². The fraction of sp³-hybridized carbons (Fsp3) is 0.200. The summed E-state index contributed by atoms with van der Waals surface area (Å²) in [7, 11) is 0. The van der Waals surface area contributed by atoms with Crippen molar-refractivity contribution in [2.45, 2.75) is 13.3 Å². The number of fused-ring (bicyclic) bond motifs is 1. The maximum atomic E-state index is 4.52. The summed E-state index contributed by atoms with van der Waals surface area (Å²) < 4.78 is 4.41. The zero-order valence-electron chi connectivity index (χ0n) is 10.8. The summed E-state index contributed by atoms with van der Waals surface area (Å²) in [6, 6.07) is 14.7. The monoisotopic (exact) mass is 269 g/mol. The minimum atomic E-state index is 0.800. The SMILES string of the molecule is CCCNc1nc(-c2ccc3ccccc3c2)ns1. The van der Waals surface area contributed by atoms with Crippen LogP contribution in [0.1, 0.15) is 13.3 Å². The summed E-state index contributed by atoms with van der Waals surface area (Å²) in [5, 5.41) is 6.62. The van der Waals surface area contributed by atoms with Crippen molar-refractivity contribution in [3.63, 3.8) is 0 Å². The molecule has 1 heterocycles. The van der Waals surface area contributed by atoms with Crippen LogP contribution in [0.4, 0.5) is 5.13 Å². The van der Waals surface area contributed by atoms with E-state index in [2.05, 4.69) is 64.1 Å². The van der Waals surface area contributed by atoms with Crippen LogP contribution in [0.3, 0.4) is 0 Å². The maximum absolute atomic E-state index is 4.52. The van der Waals surface area contributed by atoms with Gasteiger partial charge in [-0.2, -0.15) is 9.36 Å². The summed E-state index contributed by atoms with van der Waals surface area (Å²) in [6.45, 7) is 3.07. The lowest BCUT2D eigenvalue weighted by molar-refractivity contribution is 0.976. The Morgan fingerprint density at radius 1 is 1.11 bits per heavy atom. The molecule has 4 heteroatoms. The fourth-order valence-electron chi connectivity index (χ4n) is 1.97. The first-order chi connectivity index (χ1) is 9.36. The smallest absolute Gasteiger partial charge is 0.202 e. The van der Waals surface area contributed by atoms with Gasteiger partial charge < -0.3 is 5.32 Å². The molecule has 0 saturated heterocycles. The van der Waals surface area contributed by atoms with E-state index in [9.17, 15) is 0 Å². The third-order valence-corrected chi connectivity index (χ3v) is 3.63. The molecule has 3 aromatic rings. The van der Waals surface area contributed by atoms with Gasteiger partial charge in [0.1, 0.15) is 0 Å². The third kappa shape index (κ3) is 2.58. The minimum Gasteiger partial charge on any atom is -0.360 e. The lowest BCUT2D eigenvalue weighted by Crippen LogP contribution is -1.98. The van der Waals surface area contributed by atoms with Gasteiger partial charge in [-0.25, -0.2) is 0 Å². The van der Waals surface area contributed by atoms with E-state index in [1.807, 2.05) is 0 Å². The van der Waals surface area contributed by atoms with Gasteiger partial charge >= 0.3 is 0 Å². The Morgan fingerprint density at radius 2 is 1.95 bits per heavy atom. The summed E-state index contributed by atoms with van der Waals surface area (Å²) >= 11 is 1.42. The molecule has 3 rings (SSSR count). The summed E-state index contributed by atoms with van der Waals surface area (Å²) in [4.78, 5) is 4.52. The van der Waals surface area contributed by atoms with Crippen molar-refractivity contribution in [1.29, 1.82) is 0 Å². The van der Waals surface area contributed by atoms with Gasteiger partial charge in [0.25, 0.3) is 0 Å². The molecule has 1 aromatic heterocycles. The van der Waals surface area contributed by atoms with E-state index in [1.54, 1.807) is 0 Å². The molecule has 0 radical (unpaired) electrons. The van der Waals surface area contributed by atoms with Gasteiger partial charge in [0.2, 0.25) is 5.13 Å². The average molecular weight is 269 g/mol. The van der Waals surface area contributed by atoms with Gasteiger partial charge in [-0.3, -0.25) is 0 Å². The number of nitrogens with one attached hydrogen (secondary N) is 1. The molecule has 0 atom stereocenters. The number of benzene rings is 2. The predicted octanol–water partition coefficient (Wildman–Crippen LogP) is 4.18. The zero-order chi connectivity index (χ0) is 13.1. The Kier molecular flexibility index (Phi) is 3.42. The van der Waals surface area contributed by atoms with Crippen molar-refractivity contribution in [1.82, 2.24) is 9.36 Å². The van der Waals surface area contributed by atoms with Crippen LogP contribution in [0.15, 0.2) is 42.5 Å². The Bertz CT molecular complexity index is 690. The molecule has 0 aliphatic heterocycles. The molecule has 0 bridgehead atoms. The number of nitrogens with zero attached hydrogens (tertiary/aromatic N) is 2. The predicted molar refractivity (Wildman–Crippen MR) is 81.6 cm³/mol. The van der Waals surface area contributed by atoms with Gasteiger partial charge in [0, 0.05) is 23.6 Å². The second-order valence-corrected chi connectivity index (χ2v) is 5.16. The van der Waals surface area contributed by atoms with Crippen LogP contribution in [-0.4, -0.2) is 15.9 Å². The maximum Gasteiger partial charge on any atom is 0.202 e. The van der Waals surface area contributed by atoms with E-state index in [0.29, 0.717) is 0 Å². The van der Waals surface area contributed by atoms with Crippen LogP contribution >= 0.6 is 11.5 Å². The van der Waals surface area contributed by atoms with Gasteiger partial charge in [-0.1, -0.05) is 43.3 Å². The van der Waals surface area contributed by atoms with Gasteiger partial charge in [0.05, 0.1) is 0 Å². The van der Waals surface area contributed by atoms with Crippen LogP contribution in [0.5, 0.6) is 0 Å². The highest BCUT2D eigenvalue weighted by Crippen LogP contribution is 2.24. The second kappa shape index (κ2) is 5.36. The zero-order valence-corrected chi connectivity index (χ0v) is 11.6. The van der Waals surface area contributed by atoms with E-state index in [0.717, 1.165) is 29.5 Å². The summed E-state index contributed by atoms with van der Waals surface area (Å²) in [6.07, 6.45) is 1.09. The Morgan fingerprint density at radius 3 is 2.79 bits per heavy atom. The largest absolute Gasteiger partial charge is 0.360 e. The number of hydrogen-bond acceptors (Lipinski definition) is 4. The fourth-order valence-corrected chi connectivity index (χ4v) is 2.59. The van der Waals surface area contributed by atoms with Gasteiger partial charge in [-0.15, -0.1) is 0 Å². The lowest BCUT2D eigenvalue weighted by atomic mass is 10.1. The first-order valence-corrected chi connectivity index (χ1v) is 7.21. The molecule has 0 amide bonds. The van der Waals surface area contributed by atoms with E-state index >= 15 is 0 Å². The lowest BCUT2D eigenvalue weighted by Gasteiger charge is -2.00. The Balaban J connectivity index is 1.92. The first-order valence-electron chi connectivity index (χ1n) is 6.43. The molecule has 1 N–H and O–H groups in total. The first kappa shape index (κ1) is 12.1. The van der Waals surface area contributed by atoms with Gasteiger partial charge in [0.15, 0.2) is 5.82 Å². The number of aromatic nitrogens is 2. The van der Waals surface area contributed by atoms with Crippen molar-refractivity contribution >= 4 is 27.4 Å². The third-order valence-electron chi connectivity index (χ3n) is 2.96. The molecular weight excluding hydrogens is 254 g/mol. The van der Waals surface area contributed by atoms with Crippen molar-refractivity contribution in [2.24, 2.45) is 0 Å². The van der Waals surface area contributed by atoms with Crippen LogP contribution < -0.4 is 5.32 Å². The standard InChI is InChI=1S/C15H15N3S/c1-2-9-16-15-17-14(18-19-15)13-8-7-11-5-3-4-6-12(11)10-13/h3-8,10H,2,9H2,1H3,(H,16,17,18). The highest BCUT2D eigenvalue weighted by molar-refractivity contribution is 7.09. The molecule has 2 aromatic carbocycles. The molecule has 0 aliphatic rings. The highest BCUT2D eigenvalue weighted by atomic mass is 32.1. The molecule has 3 nitrogen and oxygen atoms in total. The molecule has 0 saturated carbocycles. The second-order valence-electron chi connectivity index (χ2n) is 4.41. The van der Waals surface area contributed by atoms with Crippen molar-refractivity contribution < 1.29 is 0 Å². The average Bonchev–Trinajstić information content (AvgIpc) is 2.93. The highest BCUT2D eigenvalue weighted by Gasteiger charge is 2.06. The molecule has 0 spiro atoms. The molecule has 0 unspecified atom stereocenters. The molecule has 19 heavy (non-hydrogen) atoms. The summed E-state index contributed by atoms with van der Waals surface area (Å²) in [5.41, 5.74) is 1.07. The number of hydrogen-bond donors (Lipinski definition) is 1. The van der Waals surface area contributed by atoms with Crippen LogP contribution in [0, 0.1) is 0 Å². The molecule has 0 aliphatic carbocycles.